The van der Waals surface area contributed by atoms with E-state index < -0.39 is 0 Å². The summed E-state index contributed by atoms with van der Waals surface area (Å²) >= 11 is 0. The summed E-state index contributed by atoms with van der Waals surface area (Å²) in [5, 5.41) is 9.57. The molecule has 102 valence electrons. The van der Waals surface area contributed by atoms with E-state index in [0.29, 0.717) is 11.6 Å². The van der Waals surface area contributed by atoms with Gasteiger partial charge in [-0.05, 0) is 61.0 Å². The third kappa shape index (κ3) is 3.16. The summed E-state index contributed by atoms with van der Waals surface area (Å²) in [7, 11) is 0. The van der Waals surface area contributed by atoms with Crippen LogP contribution < -0.4 is 5.32 Å². The molecule has 0 saturated heterocycles. The minimum absolute atomic E-state index is 0.0788. The van der Waals surface area contributed by atoms with Gasteiger partial charge in [0.1, 0.15) is 5.69 Å². The van der Waals surface area contributed by atoms with Gasteiger partial charge in [-0.25, -0.2) is 0 Å². The van der Waals surface area contributed by atoms with E-state index in [2.05, 4.69) is 22.6 Å². The number of nitrogens with one attached hydrogen (secondary N) is 1. The SMILES string of the molecule is Cc1cc(N=O)ccc1NC1CC(N=O)CCC1C. The molecule has 5 heteroatoms. The van der Waals surface area contributed by atoms with Gasteiger partial charge in [0.15, 0.2) is 0 Å². The van der Waals surface area contributed by atoms with Crippen LogP contribution >= 0.6 is 0 Å². The highest BCUT2D eigenvalue weighted by molar-refractivity contribution is 5.57. The fraction of sp³-hybridized carbons (Fsp3) is 0.571. The second-order valence-corrected chi connectivity index (χ2v) is 5.39. The Kier molecular flexibility index (Phi) is 4.24. The van der Waals surface area contributed by atoms with Gasteiger partial charge in [0, 0.05) is 11.7 Å². The molecule has 0 heterocycles. The lowest BCUT2D eigenvalue weighted by Gasteiger charge is -2.33. The predicted octanol–water partition coefficient (Wildman–Crippen LogP) is 4.13. The average molecular weight is 261 g/mol. The second-order valence-electron chi connectivity index (χ2n) is 5.39. The first-order chi connectivity index (χ1) is 9.13. The Hall–Kier alpha value is -1.78. The van der Waals surface area contributed by atoms with Crippen LogP contribution in [0, 0.1) is 22.7 Å². The predicted molar refractivity (Wildman–Crippen MR) is 76.6 cm³/mol. The van der Waals surface area contributed by atoms with Crippen molar-refractivity contribution >= 4 is 11.4 Å². The zero-order chi connectivity index (χ0) is 13.8. The maximum atomic E-state index is 10.7. The summed E-state index contributed by atoms with van der Waals surface area (Å²) in [6.07, 6.45) is 2.68. The van der Waals surface area contributed by atoms with Crippen LogP contribution in [0.5, 0.6) is 0 Å². The van der Waals surface area contributed by atoms with Crippen molar-refractivity contribution in [1.29, 1.82) is 0 Å². The van der Waals surface area contributed by atoms with Gasteiger partial charge in [0.25, 0.3) is 0 Å². The molecule has 3 atom stereocenters. The van der Waals surface area contributed by atoms with Crippen molar-refractivity contribution in [3.05, 3.63) is 33.6 Å². The van der Waals surface area contributed by atoms with E-state index in [0.717, 1.165) is 30.5 Å². The number of nitroso groups, excluding NO2 is 2. The number of aryl methyl sites for hydroxylation is 1. The Morgan fingerprint density at radius 1 is 1.26 bits per heavy atom. The van der Waals surface area contributed by atoms with Gasteiger partial charge >= 0.3 is 0 Å². The zero-order valence-corrected chi connectivity index (χ0v) is 11.3. The van der Waals surface area contributed by atoms with E-state index in [1.165, 1.54) is 0 Å². The lowest BCUT2D eigenvalue weighted by molar-refractivity contribution is 0.317. The Labute approximate surface area is 112 Å². The van der Waals surface area contributed by atoms with Gasteiger partial charge < -0.3 is 5.32 Å². The molecule has 1 aromatic carbocycles. The Balaban J connectivity index is 2.11. The van der Waals surface area contributed by atoms with E-state index >= 15 is 0 Å². The Morgan fingerprint density at radius 2 is 2.05 bits per heavy atom. The summed E-state index contributed by atoms with van der Waals surface area (Å²) in [6.45, 7) is 4.13. The minimum atomic E-state index is -0.0788. The first-order valence-electron chi connectivity index (χ1n) is 6.67. The highest BCUT2D eigenvalue weighted by Crippen LogP contribution is 2.30. The molecule has 2 rings (SSSR count). The molecule has 1 aliphatic carbocycles. The molecule has 1 aromatic rings. The lowest BCUT2D eigenvalue weighted by atomic mass is 9.83. The van der Waals surface area contributed by atoms with Crippen LogP contribution in [-0.2, 0) is 0 Å². The zero-order valence-electron chi connectivity index (χ0n) is 11.3. The molecular formula is C14H19N3O2. The van der Waals surface area contributed by atoms with Gasteiger partial charge in [-0.3, -0.25) is 0 Å². The standard InChI is InChI=1S/C14H19N3O2/c1-9-3-4-12(17-19)8-14(9)15-13-6-5-11(16-18)7-10(13)2/h5-7,9,12,14-15H,3-4,8H2,1-2H3. The Bertz CT molecular complexity index is 476. The maximum Gasteiger partial charge on any atom is 0.108 e. The lowest BCUT2D eigenvalue weighted by Crippen LogP contribution is -2.35. The fourth-order valence-corrected chi connectivity index (χ4v) is 2.66. The molecule has 0 spiro atoms. The molecule has 3 unspecified atom stereocenters. The maximum absolute atomic E-state index is 10.7. The van der Waals surface area contributed by atoms with Crippen LogP contribution in [0.4, 0.5) is 11.4 Å². The molecule has 0 amide bonds. The first-order valence-corrected chi connectivity index (χ1v) is 6.67. The van der Waals surface area contributed by atoms with Crippen LogP contribution in [0.25, 0.3) is 0 Å². The van der Waals surface area contributed by atoms with Crippen molar-refractivity contribution in [3.63, 3.8) is 0 Å². The summed E-state index contributed by atoms with van der Waals surface area (Å²) in [6, 6.07) is 5.51. The van der Waals surface area contributed by atoms with Gasteiger partial charge in [-0.15, -0.1) is 4.91 Å². The minimum Gasteiger partial charge on any atom is -0.382 e. The van der Waals surface area contributed by atoms with Crippen molar-refractivity contribution in [1.82, 2.24) is 0 Å². The monoisotopic (exact) mass is 261 g/mol. The molecule has 0 radical (unpaired) electrons. The third-order valence-electron chi connectivity index (χ3n) is 3.97. The van der Waals surface area contributed by atoms with E-state index in [9.17, 15) is 9.81 Å². The summed E-state index contributed by atoms with van der Waals surface area (Å²) in [5.74, 6) is 0.515. The number of nitrogens with zero attached hydrogens (tertiary/aromatic N) is 2. The van der Waals surface area contributed by atoms with Crippen molar-refractivity contribution < 1.29 is 0 Å². The van der Waals surface area contributed by atoms with Gasteiger partial charge in [0.2, 0.25) is 0 Å². The number of hydrogen-bond donors (Lipinski definition) is 1. The van der Waals surface area contributed by atoms with Crippen molar-refractivity contribution in [2.75, 3.05) is 5.32 Å². The van der Waals surface area contributed by atoms with Crippen molar-refractivity contribution in [2.45, 2.75) is 45.2 Å². The molecule has 1 N–H and O–H groups in total. The number of rotatable bonds is 4. The molecule has 0 aliphatic heterocycles. The molecule has 1 aliphatic rings. The van der Waals surface area contributed by atoms with Crippen molar-refractivity contribution in [2.24, 2.45) is 16.3 Å². The van der Waals surface area contributed by atoms with Crippen LogP contribution in [0.3, 0.4) is 0 Å². The molecule has 5 nitrogen and oxygen atoms in total. The normalized spacial score (nSPS) is 26.7. The molecule has 1 fully saturated rings. The first kappa shape index (κ1) is 13.6. The van der Waals surface area contributed by atoms with Gasteiger partial charge in [-0.1, -0.05) is 12.1 Å². The summed E-state index contributed by atoms with van der Waals surface area (Å²) in [4.78, 5) is 21.2. The molecule has 0 bridgehead atoms. The van der Waals surface area contributed by atoms with Gasteiger partial charge in [-0.2, -0.15) is 4.91 Å². The number of hydrogen-bond acceptors (Lipinski definition) is 5. The van der Waals surface area contributed by atoms with E-state index in [4.69, 9.17) is 0 Å². The largest absolute Gasteiger partial charge is 0.382 e. The van der Waals surface area contributed by atoms with Gasteiger partial charge in [0.05, 0.1) is 6.04 Å². The number of anilines is 1. The fourth-order valence-electron chi connectivity index (χ4n) is 2.66. The molecule has 19 heavy (non-hydrogen) atoms. The van der Waals surface area contributed by atoms with Crippen LogP contribution in [0.15, 0.2) is 28.6 Å². The van der Waals surface area contributed by atoms with Crippen molar-refractivity contribution in [3.8, 4) is 0 Å². The van der Waals surface area contributed by atoms with E-state index in [1.54, 1.807) is 12.1 Å². The third-order valence-corrected chi connectivity index (χ3v) is 3.97. The highest BCUT2D eigenvalue weighted by atomic mass is 16.3. The second kappa shape index (κ2) is 5.91. The van der Waals surface area contributed by atoms with Crippen LogP contribution in [0.2, 0.25) is 0 Å². The number of benzene rings is 1. The highest BCUT2D eigenvalue weighted by Gasteiger charge is 2.28. The smallest absolute Gasteiger partial charge is 0.108 e. The van der Waals surface area contributed by atoms with E-state index in [-0.39, 0.29) is 12.1 Å². The van der Waals surface area contributed by atoms with Crippen LogP contribution in [-0.4, -0.2) is 12.1 Å². The van der Waals surface area contributed by atoms with Crippen LogP contribution in [0.1, 0.15) is 31.7 Å². The molecular weight excluding hydrogens is 242 g/mol. The average Bonchev–Trinajstić information content (AvgIpc) is 2.43. The summed E-state index contributed by atoms with van der Waals surface area (Å²) < 4.78 is 0. The summed E-state index contributed by atoms with van der Waals surface area (Å²) in [5.41, 5.74) is 2.42. The van der Waals surface area contributed by atoms with E-state index in [1.807, 2.05) is 13.0 Å². The topological polar surface area (TPSA) is 70.9 Å². The quantitative estimate of drug-likeness (QED) is 0.828. The Morgan fingerprint density at radius 3 is 2.68 bits per heavy atom. The molecule has 0 aromatic heterocycles. The molecule has 1 saturated carbocycles.